The first-order valence-corrected chi connectivity index (χ1v) is 6.49. The Morgan fingerprint density at radius 1 is 1.28 bits per heavy atom. The van der Waals surface area contributed by atoms with Crippen molar-refractivity contribution in [1.29, 1.82) is 0 Å². The number of benzene rings is 1. The number of imidazole rings is 1. The van der Waals surface area contributed by atoms with Crippen molar-refractivity contribution in [2.75, 3.05) is 26.7 Å². The first kappa shape index (κ1) is 12.9. The largest absolute Gasteiger partial charge is 0.497 e. The third kappa shape index (κ3) is 2.64. The van der Waals surface area contributed by atoms with E-state index in [1.54, 1.807) is 7.11 Å². The van der Waals surface area contributed by atoms with Gasteiger partial charge in [-0.05, 0) is 25.2 Å². The lowest BCUT2D eigenvalue weighted by Crippen LogP contribution is -2.26. The van der Waals surface area contributed by atoms with E-state index in [0.717, 1.165) is 37.4 Å². The van der Waals surface area contributed by atoms with Crippen LogP contribution in [0.15, 0.2) is 24.5 Å². The Labute approximate surface area is 108 Å². The van der Waals surface area contributed by atoms with Crippen molar-refractivity contribution in [3.63, 3.8) is 0 Å². The number of aromatic nitrogens is 2. The molecule has 0 fully saturated rings. The van der Waals surface area contributed by atoms with Crippen LogP contribution in [0.4, 0.5) is 0 Å². The fraction of sp³-hybridized carbons (Fsp3) is 0.500. The Kier molecular flexibility index (Phi) is 4.20. The molecule has 0 radical (unpaired) electrons. The lowest BCUT2D eigenvalue weighted by molar-refractivity contribution is 0.292. The standard InChI is InChI=1S/C14H21N3O/c1-4-16(5-2)8-9-17-11-15-13-10-12(18-3)6-7-14(13)17/h6-7,10-11H,4-5,8-9H2,1-3H3. The Morgan fingerprint density at radius 2 is 2.06 bits per heavy atom. The molecule has 0 aliphatic heterocycles. The van der Waals surface area contributed by atoms with Crippen LogP contribution in [0.25, 0.3) is 11.0 Å². The Balaban J connectivity index is 2.14. The van der Waals surface area contributed by atoms with E-state index in [1.807, 2.05) is 18.5 Å². The molecule has 0 atom stereocenters. The van der Waals surface area contributed by atoms with Gasteiger partial charge in [0, 0.05) is 19.2 Å². The summed E-state index contributed by atoms with van der Waals surface area (Å²) < 4.78 is 7.41. The molecule has 0 saturated carbocycles. The molecule has 0 aliphatic carbocycles. The molecule has 0 spiro atoms. The molecule has 1 aromatic heterocycles. The number of methoxy groups -OCH3 is 1. The van der Waals surface area contributed by atoms with Gasteiger partial charge in [0.05, 0.1) is 24.5 Å². The lowest BCUT2D eigenvalue weighted by atomic mass is 10.3. The number of fused-ring (bicyclic) bond motifs is 1. The molecule has 0 N–H and O–H groups in total. The normalized spacial score (nSPS) is 11.3. The van der Waals surface area contributed by atoms with E-state index in [1.165, 1.54) is 5.52 Å². The highest BCUT2D eigenvalue weighted by Crippen LogP contribution is 2.19. The van der Waals surface area contributed by atoms with Gasteiger partial charge in [-0.1, -0.05) is 13.8 Å². The maximum absolute atomic E-state index is 5.21. The number of nitrogens with zero attached hydrogens (tertiary/aromatic N) is 3. The van der Waals surface area contributed by atoms with Crippen molar-refractivity contribution in [3.05, 3.63) is 24.5 Å². The van der Waals surface area contributed by atoms with Crippen molar-refractivity contribution in [1.82, 2.24) is 14.5 Å². The third-order valence-electron chi connectivity index (χ3n) is 3.38. The highest BCUT2D eigenvalue weighted by Gasteiger charge is 2.05. The number of ether oxygens (including phenoxy) is 1. The second-order valence-corrected chi connectivity index (χ2v) is 4.32. The fourth-order valence-electron chi connectivity index (χ4n) is 2.14. The van der Waals surface area contributed by atoms with Gasteiger partial charge in [0.1, 0.15) is 5.75 Å². The summed E-state index contributed by atoms with van der Waals surface area (Å²) in [5.41, 5.74) is 2.16. The van der Waals surface area contributed by atoms with E-state index in [4.69, 9.17) is 4.74 Å². The minimum Gasteiger partial charge on any atom is -0.497 e. The van der Waals surface area contributed by atoms with Crippen molar-refractivity contribution >= 4 is 11.0 Å². The first-order valence-electron chi connectivity index (χ1n) is 6.49. The highest BCUT2D eigenvalue weighted by atomic mass is 16.5. The van der Waals surface area contributed by atoms with Crippen LogP contribution in [-0.4, -0.2) is 41.2 Å². The summed E-state index contributed by atoms with van der Waals surface area (Å²) in [6, 6.07) is 6.03. The van der Waals surface area contributed by atoms with Gasteiger partial charge in [-0.25, -0.2) is 4.98 Å². The summed E-state index contributed by atoms with van der Waals surface area (Å²) in [7, 11) is 1.68. The van der Waals surface area contributed by atoms with Gasteiger partial charge in [0.15, 0.2) is 0 Å². The van der Waals surface area contributed by atoms with E-state index < -0.39 is 0 Å². The van der Waals surface area contributed by atoms with Crippen molar-refractivity contribution in [2.24, 2.45) is 0 Å². The topological polar surface area (TPSA) is 30.3 Å². The monoisotopic (exact) mass is 247 g/mol. The predicted molar refractivity (Wildman–Crippen MR) is 74.1 cm³/mol. The average molecular weight is 247 g/mol. The molecular formula is C14H21N3O. The molecule has 1 heterocycles. The van der Waals surface area contributed by atoms with E-state index in [2.05, 4.69) is 34.4 Å². The van der Waals surface area contributed by atoms with Gasteiger partial charge < -0.3 is 14.2 Å². The summed E-state index contributed by atoms with van der Waals surface area (Å²) in [6.07, 6.45) is 1.91. The molecule has 18 heavy (non-hydrogen) atoms. The Morgan fingerprint density at radius 3 is 2.72 bits per heavy atom. The molecule has 4 nitrogen and oxygen atoms in total. The summed E-state index contributed by atoms with van der Waals surface area (Å²) >= 11 is 0. The Hall–Kier alpha value is -1.55. The van der Waals surface area contributed by atoms with E-state index in [9.17, 15) is 0 Å². The number of hydrogen-bond donors (Lipinski definition) is 0. The molecule has 1 aromatic carbocycles. The maximum Gasteiger partial charge on any atom is 0.121 e. The summed E-state index contributed by atoms with van der Waals surface area (Å²) in [6.45, 7) is 8.61. The molecule has 2 rings (SSSR count). The maximum atomic E-state index is 5.21. The zero-order valence-corrected chi connectivity index (χ0v) is 11.4. The average Bonchev–Trinajstić information content (AvgIpc) is 2.82. The predicted octanol–water partition coefficient (Wildman–Crippen LogP) is 2.39. The van der Waals surface area contributed by atoms with Crippen LogP contribution in [0.3, 0.4) is 0 Å². The van der Waals surface area contributed by atoms with E-state index >= 15 is 0 Å². The third-order valence-corrected chi connectivity index (χ3v) is 3.38. The van der Waals surface area contributed by atoms with Crippen molar-refractivity contribution < 1.29 is 4.74 Å². The molecule has 4 heteroatoms. The zero-order valence-electron chi connectivity index (χ0n) is 11.4. The number of likely N-dealkylation sites (N-methyl/N-ethyl adjacent to an activating group) is 1. The lowest BCUT2D eigenvalue weighted by Gasteiger charge is -2.18. The highest BCUT2D eigenvalue weighted by molar-refractivity contribution is 5.76. The van der Waals surface area contributed by atoms with Gasteiger partial charge in [-0.3, -0.25) is 0 Å². The second-order valence-electron chi connectivity index (χ2n) is 4.32. The van der Waals surface area contributed by atoms with Crippen LogP contribution in [-0.2, 0) is 6.54 Å². The van der Waals surface area contributed by atoms with Crippen LogP contribution in [0.5, 0.6) is 5.75 Å². The van der Waals surface area contributed by atoms with Crippen LogP contribution >= 0.6 is 0 Å². The molecule has 0 unspecified atom stereocenters. The fourth-order valence-corrected chi connectivity index (χ4v) is 2.14. The van der Waals surface area contributed by atoms with E-state index in [-0.39, 0.29) is 0 Å². The molecule has 0 bridgehead atoms. The smallest absolute Gasteiger partial charge is 0.121 e. The van der Waals surface area contributed by atoms with Crippen LogP contribution < -0.4 is 4.74 Å². The van der Waals surface area contributed by atoms with Gasteiger partial charge >= 0.3 is 0 Å². The minimum absolute atomic E-state index is 0.858. The molecule has 0 amide bonds. The quantitative estimate of drug-likeness (QED) is 0.785. The van der Waals surface area contributed by atoms with Gasteiger partial charge in [-0.15, -0.1) is 0 Å². The van der Waals surface area contributed by atoms with Crippen molar-refractivity contribution in [2.45, 2.75) is 20.4 Å². The molecular weight excluding hydrogens is 226 g/mol. The summed E-state index contributed by atoms with van der Waals surface area (Å²) in [5, 5.41) is 0. The molecule has 0 aliphatic rings. The van der Waals surface area contributed by atoms with E-state index in [0.29, 0.717) is 0 Å². The second kappa shape index (κ2) is 5.87. The van der Waals surface area contributed by atoms with Gasteiger partial charge in [0.25, 0.3) is 0 Å². The van der Waals surface area contributed by atoms with Crippen LogP contribution in [0, 0.1) is 0 Å². The molecule has 2 aromatic rings. The molecule has 0 saturated heterocycles. The van der Waals surface area contributed by atoms with Crippen molar-refractivity contribution in [3.8, 4) is 5.75 Å². The first-order chi connectivity index (χ1) is 8.78. The van der Waals surface area contributed by atoms with Crippen LogP contribution in [0.1, 0.15) is 13.8 Å². The van der Waals surface area contributed by atoms with Gasteiger partial charge in [-0.2, -0.15) is 0 Å². The number of hydrogen-bond acceptors (Lipinski definition) is 3. The summed E-state index contributed by atoms with van der Waals surface area (Å²) in [4.78, 5) is 6.83. The SMILES string of the molecule is CCN(CC)CCn1cnc2cc(OC)ccc21. The number of rotatable bonds is 6. The van der Waals surface area contributed by atoms with Gasteiger partial charge in [0.2, 0.25) is 0 Å². The summed E-state index contributed by atoms with van der Waals surface area (Å²) in [5.74, 6) is 0.858. The van der Waals surface area contributed by atoms with Crippen LogP contribution in [0.2, 0.25) is 0 Å². The Bertz CT molecular complexity index is 503. The zero-order chi connectivity index (χ0) is 13.0. The molecule has 98 valence electrons. The minimum atomic E-state index is 0.858.